The molecule has 1 aliphatic rings. The highest BCUT2D eigenvalue weighted by molar-refractivity contribution is 7.91. The first-order valence-electron chi connectivity index (χ1n) is 10.3. The van der Waals surface area contributed by atoms with Crippen molar-refractivity contribution in [1.82, 2.24) is 4.57 Å². The van der Waals surface area contributed by atoms with Crippen LogP contribution in [0.4, 0.5) is 0 Å². The van der Waals surface area contributed by atoms with E-state index in [2.05, 4.69) is 4.99 Å². The standard InChI is InChI=1S/C22H21ClN2O7S2/c1-30-21(27)13-25-16-11-17-18(32-9-8-31-17)12-19(16)33-22(25)24-20(26)3-2-10-34(28,29)15-6-4-14(23)5-7-15/h4-7,11-12H,2-3,8-10,13H2,1H3. The van der Waals surface area contributed by atoms with Gasteiger partial charge in [0, 0.05) is 23.6 Å². The van der Waals surface area contributed by atoms with E-state index in [4.69, 9.17) is 25.8 Å². The molecule has 9 nitrogen and oxygen atoms in total. The minimum absolute atomic E-state index is 0.0674. The molecular weight excluding hydrogens is 504 g/mol. The van der Waals surface area contributed by atoms with Crippen LogP contribution in [0.5, 0.6) is 11.5 Å². The number of benzene rings is 2. The summed E-state index contributed by atoms with van der Waals surface area (Å²) in [4.78, 5) is 29.2. The van der Waals surface area contributed by atoms with Crippen molar-refractivity contribution in [2.24, 2.45) is 4.99 Å². The Bertz CT molecular complexity index is 1410. The Kier molecular flexibility index (Phi) is 7.24. The number of thiazole rings is 1. The lowest BCUT2D eigenvalue weighted by Gasteiger charge is -2.18. The first kappa shape index (κ1) is 24.2. The van der Waals surface area contributed by atoms with Gasteiger partial charge in [0.15, 0.2) is 26.1 Å². The second kappa shape index (κ2) is 10.2. The highest BCUT2D eigenvalue weighted by atomic mass is 35.5. The number of esters is 1. The molecule has 1 aromatic heterocycles. The number of sulfone groups is 1. The Labute approximate surface area is 204 Å². The van der Waals surface area contributed by atoms with E-state index in [0.29, 0.717) is 40.1 Å². The van der Waals surface area contributed by atoms with E-state index < -0.39 is 21.7 Å². The molecule has 0 spiro atoms. The molecule has 3 aromatic rings. The van der Waals surface area contributed by atoms with Crippen LogP contribution in [-0.2, 0) is 30.7 Å². The van der Waals surface area contributed by atoms with Gasteiger partial charge in [-0.1, -0.05) is 22.9 Å². The van der Waals surface area contributed by atoms with E-state index in [0.717, 1.165) is 4.70 Å². The average molecular weight is 525 g/mol. The lowest BCUT2D eigenvalue weighted by Crippen LogP contribution is -2.22. The number of carbonyl (C=O) groups is 2. The van der Waals surface area contributed by atoms with Crippen molar-refractivity contribution in [3.05, 3.63) is 46.2 Å². The third kappa shape index (κ3) is 5.43. The van der Waals surface area contributed by atoms with Crippen molar-refractivity contribution < 1.29 is 32.2 Å². The number of hydrogen-bond acceptors (Lipinski definition) is 8. The number of amides is 1. The van der Waals surface area contributed by atoms with E-state index >= 15 is 0 Å². The van der Waals surface area contributed by atoms with Crippen LogP contribution in [-0.4, -0.2) is 50.9 Å². The molecule has 0 fully saturated rings. The molecule has 0 saturated heterocycles. The molecule has 2 aromatic carbocycles. The summed E-state index contributed by atoms with van der Waals surface area (Å²) in [6.07, 6.45) is 0.0349. The summed E-state index contributed by atoms with van der Waals surface area (Å²) in [5.41, 5.74) is 0.650. The molecule has 2 heterocycles. The maximum Gasteiger partial charge on any atom is 0.325 e. The summed E-state index contributed by atoms with van der Waals surface area (Å²) in [5.74, 6) is -0.0754. The molecule has 34 heavy (non-hydrogen) atoms. The third-order valence-electron chi connectivity index (χ3n) is 5.06. The summed E-state index contributed by atoms with van der Waals surface area (Å²) < 4.78 is 43.3. The highest BCUT2D eigenvalue weighted by Gasteiger charge is 2.19. The fraction of sp³-hybridized carbons (Fsp3) is 0.318. The lowest BCUT2D eigenvalue weighted by atomic mass is 10.2. The minimum atomic E-state index is -3.55. The van der Waals surface area contributed by atoms with Gasteiger partial charge in [0.1, 0.15) is 19.8 Å². The second-order valence-corrected chi connectivity index (χ2v) is 10.9. The highest BCUT2D eigenvalue weighted by Crippen LogP contribution is 2.35. The van der Waals surface area contributed by atoms with E-state index in [1.807, 2.05) is 0 Å². The minimum Gasteiger partial charge on any atom is -0.486 e. The predicted octanol–water partition coefficient (Wildman–Crippen LogP) is 2.98. The first-order chi connectivity index (χ1) is 16.3. The van der Waals surface area contributed by atoms with Gasteiger partial charge >= 0.3 is 5.97 Å². The zero-order valence-corrected chi connectivity index (χ0v) is 20.5. The van der Waals surface area contributed by atoms with Crippen LogP contribution >= 0.6 is 22.9 Å². The molecule has 0 bridgehead atoms. The summed E-state index contributed by atoms with van der Waals surface area (Å²) in [7, 11) is -2.27. The molecule has 0 unspecified atom stereocenters. The van der Waals surface area contributed by atoms with Crippen LogP contribution in [0.2, 0.25) is 5.02 Å². The quantitative estimate of drug-likeness (QED) is 0.436. The fourth-order valence-electron chi connectivity index (χ4n) is 3.37. The van der Waals surface area contributed by atoms with Crippen molar-refractivity contribution in [1.29, 1.82) is 0 Å². The van der Waals surface area contributed by atoms with E-state index in [9.17, 15) is 18.0 Å². The van der Waals surface area contributed by atoms with Gasteiger partial charge in [-0.15, -0.1) is 0 Å². The maximum atomic E-state index is 12.6. The van der Waals surface area contributed by atoms with Crippen LogP contribution in [0.1, 0.15) is 12.8 Å². The smallest absolute Gasteiger partial charge is 0.325 e. The normalized spacial score (nSPS) is 13.8. The summed E-state index contributed by atoms with van der Waals surface area (Å²) in [6, 6.07) is 9.40. The van der Waals surface area contributed by atoms with Gasteiger partial charge in [-0.2, -0.15) is 4.99 Å². The third-order valence-corrected chi connectivity index (χ3v) is 8.17. The molecule has 12 heteroatoms. The Morgan fingerprint density at radius 2 is 1.82 bits per heavy atom. The number of ether oxygens (including phenoxy) is 3. The number of halogens is 1. The van der Waals surface area contributed by atoms with E-state index in [1.54, 1.807) is 16.7 Å². The molecule has 1 aliphatic heterocycles. The number of methoxy groups -OCH3 is 1. The largest absolute Gasteiger partial charge is 0.486 e. The number of rotatable bonds is 7. The molecule has 0 radical (unpaired) electrons. The van der Waals surface area contributed by atoms with Gasteiger partial charge in [0.05, 0.1) is 28.0 Å². The van der Waals surface area contributed by atoms with Crippen molar-refractivity contribution >= 4 is 54.9 Å². The number of carbonyl (C=O) groups excluding carboxylic acids is 2. The van der Waals surface area contributed by atoms with Crippen LogP contribution in [0.3, 0.4) is 0 Å². The van der Waals surface area contributed by atoms with Crippen LogP contribution < -0.4 is 14.3 Å². The molecule has 0 saturated carbocycles. The van der Waals surface area contributed by atoms with Gasteiger partial charge in [-0.3, -0.25) is 9.59 Å². The molecule has 0 aliphatic carbocycles. The second-order valence-electron chi connectivity index (χ2n) is 7.39. The molecule has 0 N–H and O–H groups in total. The average Bonchev–Trinajstić information content (AvgIpc) is 3.13. The molecule has 4 rings (SSSR count). The van der Waals surface area contributed by atoms with Crippen LogP contribution in [0, 0.1) is 0 Å². The first-order valence-corrected chi connectivity index (χ1v) is 13.2. The van der Waals surface area contributed by atoms with Crippen molar-refractivity contribution in [3.63, 3.8) is 0 Å². The molecule has 1 amide bonds. The van der Waals surface area contributed by atoms with Gasteiger partial charge in [0.25, 0.3) is 0 Å². The van der Waals surface area contributed by atoms with Crippen molar-refractivity contribution in [2.45, 2.75) is 24.3 Å². The number of hydrogen-bond donors (Lipinski definition) is 0. The molecule has 0 atom stereocenters. The maximum absolute atomic E-state index is 12.6. The fourth-order valence-corrected chi connectivity index (χ4v) is 5.87. The molecular formula is C22H21ClN2O7S2. The number of fused-ring (bicyclic) bond motifs is 2. The Balaban J connectivity index is 1.56. The van der Waals surface area contributed by atoms with Crippen molar-refractivity contribution in [2.75, 3.05) is 26.1 Å². The van der Waals surface area contributed by atoms with Crippen LogP contribution in [0.25, 0.3) is 10.2 Å². The van der Waals surface area contributed by atoms with E-state index in [1.165, 1.54) is 42.7 Å². The lowest BCUT2D eigenvalue weighted by molar-refractivity contribution is -0.141. The van der Waals surface area contributed by atoms with Gasteiger partial charge in [0.2, 0.25) is 5.91 Å². The summed E-state index contributed by atoms with van der Waals surface area (Å²) >= 11 is 7.02. The van der Waals surface area contributed by atoms with Crippen molar-refractivity contribution in [3.8, 4) is 11.5 Å². The zero-order chi connectivity index (χ0) is 24.3. The Morgan fingerprint density at radius 3 is 2.50 bits per heavy atom. The number of nitrogens with zero attached hydrogens (tertiary/aromatic N) is 2. The zero-order valence-electron chi connectivity index (χ0n) is 18.2. The van der Waals surface area contributed by atoms with Gasteiger partial charge in [-0.05, 0) is 30.7 Å². The van der Waals surface area contributed by atoms with Gasteiger partial charge in [-0.25, -0.2) is 8.42 Å². The monoisotopic (exact) mass is 524 g/mol. The van der Waals surface area contributed by atoms with Gasteiger partial charge < -0.3 is 18.8 Å². The van der Waals surface area contributed by atoms with E-state index in [-0.39, 0.29) is 30.0 Å². The Hall–Kier alpha value is -2.89. The summed E-state index contributed by atoms with van der Waals surface area (Å²) in [5, 5.41) is 0.440. The van der Waals surface area contributed by atoms with Crippen LogP contribution in [0.15, 0.2) is 46.3 Å². The molecule has 180 valence electrons. The number of aromatic nitrogens is 1. The predicted molar refractivity (Wildman–Crippen MR) is 126 cm³/mol. The Morgan fingerprint density at radius 1 is 1.15 bits per heavy atom. The topological polar surface area (TPSA) is 113 Å². The summed E-state index contributed by atoms with van der Waals surface area (Å²) in [6.45, 7) is 0.697. The SMILES string of the molecule is COC(=O)Cn1c(=NC(=O)CCCS(=O)(=O)c2ccc(Cl)cc2)sc2cc3c(cc21)OCCO3.